The van der Waals surface area contributed by atoms with Gasteiger partial charge in [0.15, 0.2) is 0 Å². The van der Waals surface area contributed by atoms with Gasteiger partial charge in [-0.25, -0.2) is 4.98 Å². The number of carbonyl (C=O) groups is 5. The quantitative estimate of drug-likeness (QED) is 0.0964. The van der Waals surface area contributed by atoms with Crippen molar-refractivity contribution in [3.05, 3.63) is 113 Å². The lowest BCUT2D eigenvalue weighted by atomic mass is 10.1. The molecule has 0 atom stereocenters. The number of fused-ring (bicyclic) bond motifs is 2. The number of nitrogens with zero attached hydrogens (tertiary/aromatic N) is 5. The highest BCUT2D eigenvalue weighted by Crippen LogP contribution is 2.32. The Bertz CT molecular complexity index is 2370. The number of rotatable bonds is 15. The average Bonchev–Trinajstić information content (AvgIpc) is 3.78. The number of benzene rings is 4. The van der Waals surface area contributed by atoms with Crippen molar-refractivity contribution < 1.29 is 33.4 Å². The van der Waals surface area contributed by atoms with Crippen LogP contribution >= 0.6 is 0 Å². The monoisotopic (exact) mass is 799 g/mol. The van der Waals surface area contributed by atoms with E-state index in [4.69, 9.17) is 9.47 Å². The molecule has 1 fully saturated rings. The fourth-order valence-electron chi connectivity index (χ4n) is 7.43. The molecule has 2 aliphatic rings. The lowest BCUT2D eigenvalue weighted by Crippen LogP contribution is -2.47. The molecule has 1 saturated heterocycles. The van der Waals surface area contributed by atoms with Crippen molar-refractivity contribution in [2.75, 3.05) is 70.8 Å². The van der Waals surface area contributed by atoms with Crippen LogP contribution in [-0.2, 0) is 11.2 Å². The molecule has 0 bridgehead atoms. The largest absolute Gasteiger partial charge is 0.496 e. The summed E-state index contributed by atoms with van der Waals surface area (Å²) in [6.07, 6.45) is 3.26. The van der Waals surface area contributed by atoms with Crippen molar-refractivity contribution in [2.24, 2.45) is 0 Å². The Kier molecular flexibility index (Phi) is 12.4. The molecule has 4 aromatic carbocycles. The fourth-order valence-corrected chi connectivity index (χ4v) is 7.43. The maximum absolute atomic E-state index is 13.9. The molecule has 0 saturated carbocycles. The number of imidazole rings is 1. The number of para-hydroxylation sites is 1. The van der Waals surface area contributed by atoms with E-state index in [1.165, 1.54) is 16.9 Å². The second-order valence-electron chi connectivity index (χ2n) is 15.0. The van der Waals surface area contributed by atoms with Gasteiger partial charge in [0, 0.05) is 58.2 Å². The highest BCUT2D eigenvalue weighted by Gasteiger charge is 2.35. The van der Waals surface area contributed by atoms with Crippen molar-refractivity contribution in [3.8, 4) is 11.5 Å². The van der Waals surface area contributed by atoms with E-state index in [1.54, 1.807) is 61.6 Å². The number of aromatic amines is 1. The number of nitrogens with one attached hydrogen (secondary N) is 2. The number of H-pyrrole nitrogens is 1. The summed E-state index contributed by atoms with van der Waals surface area (Å²) in [7, 11) is 5.19. The van der Waals surface area contributed by atoms with Crippen molar-refractivity contribution in [3.63, 3.8) is 0 Å². The van der Waals surface area contributed by atoms with Gasteiger partial charge < -0.3 is 34.5 Å². The van der Waals surface area contributed by atoms with E-state index in [-0.39, 0.29) is 41.5 Å². The van der Waals surface area contributed by atoms with Gasteiger partial charge in [-0.1, -0.05) is 24.3 Å². The summed E-state index contributed by atoms with van der Waals surface area (Å²) in [4.78, 5) is 80.6. The maximum Gasteiger partial charge on any atom is 0.261 e. The zero-order chi connectivity index (χ0) is 41.6. The van der Waals surface area contributed by atoms with E-state index in [2.05, 4.69) is 27.2 Å². The van der Waals surface area contributed by atoms with Gasteiger partial charge in [-0.3, -0.25) is 28.9 Å². The van der Waals surface area contributed by atoms with Gasteiger partial charge in [-0.2, -0.15) is 0 Å². The third-order valence-corrected chi connectivity index (χ3v) is 10.9. The standard InChI is InChI=1S/C45H49N7O7/c1-29-16-19-36(38(27-29)59-26-9-5-6-15-40(53)51-24-22-49(2)23-25-51)50(3)43(55)30-17-18-33(37(28-30)58-4)42(54)47-35-14-10-13-34-41(35)48-39(46-34)20-21-52-44(56)31-11-7-8-12-32(31)45(52)57/h7-8,10-14,16-19,27-28H,5-6,9,15,20-26H2,1-4H3,(H,46,48)(H,47,54). The summed E-state index contributed by atoms with van der Waals surface area (Å²) in [5.41, 5.74) is 4.53. The summed E-state index contributed by atoms with van der Waals surface area (Å²) in [6, 6.07) is 22.4. The number of imide groups is 1. The van der Waals surface area contributed by atoms with Crippen LogP contribution in [0.3, 0.4) is 0 Å². The van der Waals surface area contributed by atoms with E-state index in [1.807, 2.05) is 36.1 Å². The molecule has 14 nitrogen and oxygen atoms in total. The van der Waals surface area contributed by atoms with E-state index in [0.717, 1.165) is 51.0 Å². The average molecular weight is 800 g/mol. The molecule has 2 N–H and O–H groups in total. The number of ether oxygens (including phenoxy) is 2. The minimum Gasteiger partial charge on any atom is -0.496 e. The normalized spacial score (nSPS) is 14.1. The molecular formula is C45H49N7O7. The highest BCUT2D eigenvalue weighted by atomic mass is 16.5. The predicted molar refractivity (Wildman–Crippen MR) is 225 cm³/mol. The number of hydrogen-bond donors (Lipinski definition) is 2. The third kappa shape index (κ3) is 8.97. The van der Waals surface area contributed by atoms with Crippen LogP contribution in [0.2, 0.25) is 0 Å². The predicted octanol–water partition coefficient (Wildman–Crippen LogP) is 5.96. The SMILES string of the molecule is COc1cc(C(=O)N(C)c2ccc(C)cc2OCCCCCC(=O)N2CCN(C)CC2)ccc1C(=O)Nc1cccc2[nH]c(CCN3C(=O)c4ccccc4C3=O)nc12. The lowest BCUT2D eigenvalue weighted by Gasteiger charge is -2.32. The van der Waals surface area contributed by atoms with Crippen molar-refractivity contribution in [2.45, 2.75) is 39.0 Å². The molecule has 5 amide bonds. The van der Waals surface area contributed by atoms with Gasteiger partial charge in [0.25, 0.3) is 23.6 Å². The Hall–Kier alpha value is -6.54. The zero-order valence-corrected chi connectivity index (χ0v) is 33.9. The molecule has 0 unspecified atom stereocenters. The van der Waals surface area contributed by atoms with Gasteiger partial charge >= 0.3 is 0 Å². The number of anilines is 2. The molecule has 0 radical (unpaired) electrons. The first-order chi connectivity index (χ1) is 28.5. The van der Waals surface area contributed by atoms with Crippen LogP contribution in [0.1, 0.15) is 78.5 Å². The number of methoxy groups -OCH3 is 1. The van der Waals surface area contributed by atoms with Gasteiger partial charge in [0.05, 0.1) is 47.3 Å². The molecule has 306 valence electrons. The molecule has 3 heterocycles. The van der Waals surface area contributed by atoms with Crippen LogP contribution in [0.5, 0.6) is 11.5 Å². The number of likely N-dealkylation sites (N-methyl/N-ethyl adjacent to an activating group) is 1. The maximum atomic E-state index is 13.9. The van der Waals surface area contributed by atoms with E-state index in [9.17, 15) is 24.0 Å². The van der Waals surface area contributed by atoms with Crippen molar-refractivity contribution in [1.29, 1.82) is 0 Å². The molecular weight excluding hydrogens is 751 g/mol. The first kappa shape index (κ1) is 40.6. The molecule has 7 rings (SSSR count). The summed E-state index contributed by atoms with van der Waals surface area (Å²) >= 11 is 0. The molecule has 0 aliphatic carbocycles. The van der Waals surface area contributed by atoms with Crippen LogP contribution < -0.4 is 19.7 Å². The number of hydrogen-bond acceptors (Lipinski definition) is 9. The van der Waals surface area contributed by atoms with Crippen LogP contribution in [0.15, 0.2) is 78.9 Å². The molecule has 2 aliphatic heterocycles. The summed E-state index contributed by atoms with van der Waals surface area (Å²) in [5.74, 6) is 0.111. The second-order valence-corrected chi connectivity index (χ2v) is 15.0. The van der Waals surface area contributed by atoms with E-state index < -0.39 is 5.91 Å². The fraction of sp³-hybridized carbons (Fsp3) is 0.333. The van der Waals surface area contributed by atoms with E-state index in [0.29, 0.717) is 70.1 Å². The first-order valence-electron chi connectivity index (χ1n) is 19.9. The molecule has 59 heavy (non-hydrogen) atoms. The first-order valence-corrected chi connectivity index (χ1v) is 19.9. The van der Waals surface area contributed by atoms with Gasteiger partial charge in [0.2, 0.25) is 5.91 Å². The third-order valence-electron chi connectivity index (χ3n) is 10.9. The van der Waals surface area contributed by atoms with Crippen LogP contribution in [-0.4, -0.2) is 115 Å². The minimum absolute atomic E-state index is 0.144. The second kappa shape index (κ2) is 17.9. The lowest BCUT2D eigenvalue weighted by molar-refractivity contribution is -0.132. The number of amides is 5. The summed E-state index contributed by atoms with van der Waals surface area (Å²) < 4.78 is 11.8. The molecule has 0 spiro atoms. The smallest absolute Gasteiger partial charge is 0.261 e. The molecule has 1 aromatic heterocycles. The van der Waals surface area contributed by atoms with Gasteiger partial charge in [-0.15, -0.1) is 0 Å². The Labute approximate surface area is 343 Å². The zero-order valence-electron chi connectivity index (χ0n) is 33.9. The Morgan fingerprint density at radius 1 is 0.864 bits per heavy atom. The number of carbonyl (C=O) groups excluding carboxylic acids is 5. The number of unbranched alkanes of at least 4 members (excludes halogenated alkanes) is 2. The minimum atomic E-state index is -0.463. The number of piperazine rings is 1. The van der Waals surface area contributed by atoms with Gasteiger partial charge in [-0.05, 0) is 93.4 Å². The van der Waals surface area contributed by atoms with E-state index >= 15 is 0 Å². The van der Waals surface area contributed by atoms with Crippen LogP contribution in [0.25, 0.3) is 11.0 Å². The molecule has 5 aromatic rings. The Morgan fingerprint density at radius 2 is 1.61 bits per heavy atom. The summed E-state index contributed by atoms with van der Waals surface area (Å²) in [6.45, 7) is 5.94. The van der Waals surface area contributed by atoms with Crippen LogP contribution in [0, 0.1) is 6.92 Å². The molecule has 14 heteroatoms. The Balaban J connectivity index is 0.960. The van der Waals surface area contributed by atoms with Gasteiger partial charge in [0.1, 0.15) is 22.8 Å². The van der Waals surface area contributed by atoms with Crippen molar-refractivity contribution >= 4 is 51.9 Å². The van der Waals surface area contributed by atoms with Crippen LogP contribution in [0.4, 0.5) is 11.4 Å². The van der Waals surface area contributed by atoms with Crippen molar-refractivity contribution in [1.82, 2.24) is 24.7 Å². The Morgan fingerprint density at radius 3 is 2.34 bits per heavy atom. The number of aromatic nitrogens is 2. The topological polar surface area (TPSA) is 157 Å². The highest BCUT2D eigenvalue weighted by molar-refractivity contribution is 6.21. The summed E-state index contributed by atoms with van der Waals surface area (Å²) in [5, 5.41) is 2.92. The number of aryl methyl sites for hydroxylation is 1.